The van der Waals surface area contributed by atoms with Crippen LogP contribution >= 0.6 is 0 Å². The Bertz CT molecular complexity index is 2340. The van der Waals surface area contributed by atoms with Crippen LogP contribution in [0.2, 0.25) is 0 Å². The number of hydrogen-bond acceptors (Lipinski definition) is 8. The minimum atomic E-state index is -0.910. The number of aromatic nitrogens is 1. The molecule has 2 saturated heterocycles. The summed E-state index contributed by atoms with van der Waals surface area (Å²) in [6, 6.07) is 26.8. The molecule has 8 rings (SSSR count). The van der Waals surface area contributed by atoms with Crippen LogP contribution in [-0.2, 0) is 47.2 Å². The lowest BCUT2D eigenvalue weighted by molar-refractivity contribution is -0.205. The molecular weight excluding hydrogens is 723 g/mol. The van der Waals surface area contributed by atoms with Gasteiger partial charge in [0.15, 0.2) is 17.3 Å². The van der Waals surface area contributed by atoms with Gasteiger partial charge in [0.25, 0.3) is 0 Å². The summed E-state index contributed by atoms with van der Waals surface area (Å²) in [5.74, 6) is 0.673. The smallest absolute Gasteiger partial charge is 0.246 e. The van der Waals surface area contributed by atoms with Crippen LogP contribution in [0.3, 0.4) is 0 Å². The predicted octanol–water partition coefficient (Wildman–Crippen LogP) is 5.07. The lowest BCUT2D eigenvalue weighted by atomic mass is 9.97. The number of aromatic hydroxyl groups is 1. The van der Waals surface area contributed by atoms with Crippen molar-refractivity contribution in [3.63, 3.8) is 0 Å². The Balaban J connectivity index is 1.12. The number of carbonyl (C=O) groups excluding carboxylic acids is 4. The highest BCUT2D eigenvalue weighted by Gasteiger charge is 2.51. The van der Waals surface area contributed by atoms with Crippen LogP contribution in [-0.4, -0.2) is 98.1 Å². The van der Waals surface area contributed by atoms with Crippen LogP contribution in [0.25, 0.3) is 10.9 Å². The molecule has 57 heavy (non-hydrogen) atoms. The van der Waals surface area contributed by atoms with Gasteiger partial charge in [-0.25, -0.2) is 10.0 Å². The van der Waals surface area contributed by atoms with Crippen molar-refractivity contribution in [2.75, 3.05) is 32.8 Å². The molecule has 0 bridgehead atoms. The van der Waals surface area contributed by atoms with Crippen LogP contribution < -0.4 is 9.47 Å². The molecule has 4 heterocycles. The van der Waals surface area contributed by atoms with E-state index in [1.54, 1.807) is 50.2 Å². The number of phenolic OH excluding ortho intramolecular Hbond substituents is 1. The first-order chi connectivity index (χ1) is 27.7. The van der Waals surface area contributed by atoms with Crippen molar-refractivity contribution in [2.24, 2.45) is 7.05 Å². The summed E-state index contributed by atoms with van der Waals surface area (Å²) in [5.41, 5.74) is 4.81. The highest BCUT2D eigenvalue weighted by atomic mass is 16.6. The molecule has 12 nitrogen and oxygen atoms in total. The van der Waals surface area contributed by atoms with Crippen molar-refractivity contribution in [3.05, 3.63) is 138 Å². The van der Waals surface area contributed by atoms with Gasteiger partial charge in [0, 0.05) is 56.5 Å². The average Bonchev–Trinajstić information content (AvgIpc) is 3.56. The molecule has 1 aromatic heterocycles. The number of carbonyl (C=O) groups is 4. The van der Waals surface area contributed by atoms with Crippen molar-refractivity contribution in [2.45, 2.75) is 44.4 Å². The highest BCUT2D eigenvalue weighted by molar-refractivity contribution is 6.09. The summed E-state index contributed by atoms with van der Waals surface area (Å²) in [7, 11) is 1.89. The van der Waals surface area contributed by atoms with Crippen LogP contribution in [0.1, 0.15) is 39.0 Å². The second kappa shape index (κ2) is 16.0. The number of nitrogens with zero attached hydrogens (tertiary/aromatic N) is 5. The van der Waals surface area contributed by atoms with Crippen molar-refractivity contribution in [1.29, 1.82) is 0 Å². The fourth-order valence-corrected chi connectivity index (χ4v) is 8.36. The summed E-state index contributed by atoms with van der Waals surface area (Å²) >= 11 is 0. The van der Waals surface area contributed by atoms with Gasteiger partial charge < -0.3 is 28.9 Å². The third-order valence-corrected chi connectivity index (χ3v) is 11.0. The van der Waals surface area contributed by atoms with E-state index in [2.05, 4.69) is 6.58 Å². The molecule has 0 spiro atoms. The molecule has 3 amide bonds. The number of fused-ring (bicyclic) bond motifs is 3. The predicted molar refractivity (Wildman–Crippen MR) is 213 cm³/mol. The van der Waals surface area contributed by atoms with Crippen molar-refractivity contribution in [3.8, 4) is 17.2 Å². The minimum Gasteiger partial charge on any atom is -0.508 e. The monoisotopic (exact) mass is 767 g/mol. The lowest BCUT2D eigenvalue weighted by Gasteiger charge is -2.55. The summed E-state index contributed by atoms with van der Waals surface area (Å²) in [6.07, 6.45) is 3.82. The number of phenols is 1. The molecule has 0 saturated carbocycles. The summed E-state index contributed by atoms with van der Waals surface area (Å²) in [6.45, 7) is 5.30. The molecule has 0 radical (unpaired) electrons. The van der Waals surface area contributed by atoms with Crippen molar-refractivity contribution < 1.29 is 33.8 Å². The number of hydrazine groups is 1. The van der Waals surface area contributed by atoms with Gasteiger partial charge in [0.1, 0.15) is 31.2 Å². The van der Waals surface area contributed by atoms with Gasteiger partial charge in [-0.05, 0) is 52.9 Å². The molecule has 292 valence electrons. The zero-order chi connectivity index (χ0) is 39.6. The maximum Gasteiger partial charge on any atom is 0.246 e. The SMILES string of the molecule is C=CCN1CC(=O)N2C(CN(Cc3cccc4c(C(=O)Cc5ccc6c(c5)OCCO6)cn(C)c34)C(=O)[C@@H]2Cc2ccc(O)cc2)N1C(=O)CCc1ccccc1. The van der Waals surface area contributed by atoms with Gasteiger partial charge in [-0.1, -0.05) is 72.8 Å². The number of aryl methyl sites for hydroxylation is 2. The fourth-order valence-electron chi connectivity index (χ4n) is 8.36. The van der Waals surface area contributed by atoms with Gasteiger partial charge in [-0.2, -0.15) is 0 Å². The summed E-state index contributed by atoms with van der Waals surface area (Å²) in [5, 5.41) is 14.1. The second-order valence-corrected chi connectivity index (χ2v) is 14.8. The number of benzene rings is 4. The summed E-state index contributed by atoms with van der Waals surface area (Å²) < 4.78 is 13.3. The number of rotatable bonds is 12. The molecule has 5 aromatic rings. The Morgan fingerprint density at radius 3 is 2.42 bits per heavy atom. The first-order valence-corrected chi connectivity index (χ1v) is 19.3. The quantitative estimate of drug-likeness (QED) is 0.138. The van der Waals surface area contributed by atoms with Crippen LogP contribution in [0.15, 0.2) is 110 Å². The fraction of sp³-hybridized carbons (Fsp3) is 0.289. The largest absolute Gasteiger partial charge is 0.508 e. The minimum absolute atomic E-state index is 0.0548. The lowest BCUT2D eigenvalue weighted by Crippen LogP contribution is -2.75. The van der Waals surface area contributed by atoms with E-state index in [1.807, 2.05) is 84.5 Å². The number of hydrogen-bond donors (Lipinski definition) is 1. The van der Waals surface area contributed by atoms with Gasteiger partial charge in [-0.15, -0.1) is 6.58 Å². The third-order valence-electron chi connectivity index (χ3n) is 11.0. The van der Waals surface area contributed by atoms with E-state index in [9.17, 15) is 24.3 Å². The molecular formula is C45H45N5O7. The molecule has 0 aliphatic carbocycles. The van der Waals surface area contributed by atoms with Crippen molar-refractivity contribution >= 4 is 34.4 Å². The van der Waals surface area contributed by atoms with E-state index in [0.29, 0.717) is 36.7 Å². The molecule has 1 unspecified atom stereocenters. The van der Waals surface area contributed by atoms with E-state index in [0.717, 1.165) is 33.2 Å². The number of para-hydroxylation sites is 1. The highest BCUT2D eigenvalue weighted by Crippen LogP contribution is 2.34. The molecule has 12 heteroatoms. The van der Waals surface area contributed by atoms with Crippen molar-refractivity contribution in [1.82, 2.24) is 24.4 Å². The van der Waals surface area contributed by atoms with Gasteiger partial charge in [-0.3, -0.25) is 19.2 Å². The number of ether oxygens (including phenoxy) is 2. The normalized spacial score (nSPS) is 18.2. The standard InChI is InChI=1S/C45H45N5O7/c1-3-20-48-29-43(54)49-37(23-31-12-16-34(51)17-13-31)45(55)47(28-41(49)50(48)42(53)19-15-30-8-5-4-6-9-30)26-33-10-7-11-35-36(27-46(2)44(33)35)38(52)24-32-14-18-39-40(25-32)57-22-21-56-39/h3-14,16-18,25,27,37,41,51H,1,15,19-24,26,28-29H2,2H3/t37-,41?/m0/s1. The molecule has 3 aliphatic heterocycles. The molecule has 4 aromatic carbocycles. The Labute approximate surface area is 331 Å². The number of ketones is 1. The van der Waals surface area contributed by atoms with Gasteiger partial charge >= 0.3 is 0 Å². The maximum atomic E-state index is 14.7. The third kappa shape index (κ3) is 7.60. The number of amides is 3. The molecule has 1 N–H and O–H groups in total. The van der Waals surface area contributed by atoms with E-state index < -0.39 is 12.2 Å². The van der Waals surface area contributed by atoms with Crippen LogP contribution in [0.5, 0.6) is 17.2 Å². The molecule has 2 atom stereocenters. The number of piperazine rings is 1. The first kappa shape index (κ1) is 37.5. The zero-order valence-corrected chi connectivity index (χ0v) is 31.9. The Morgan fingerprint density at radius 1 is 0.895 bits per heavy atom. The Hall–Kier alpha value is -6.40. The van der Waals surface area contributed by atoms with Crippen LogP contribution in [0.4, 0.5) is 0 Å². The molecule has 3 aliphatic rings. The molecule has 2 fully saturated rings. The van der Waals surface area contributed by atoms with E-state index in [4.69, 9.17) is 9.47 Å². The van der Waals surface area contributed by atoms with Gasteiger partial charge in [0.05, 0.1) is 18.6 Å². The topological polar surface area (TPSA) is 125 Å². The first-order valence-electron chi connectivity index (χ1n) is 19.3. The van der Waals surface area contributed by atoms with Crippen LogP contribution in [0, 0.1) is 0 Å². The van der Waals surface area contributed by atoms with Gasteiger partial charge in [0.2, 0.25) is 17.7 Å². The maximum absolute atomic E-state index is 14.7. The zero-order valence-electron chi connectivity index (χ0n) is 31.9. The van der Waals surface area contributed by atoms with E-state index >= 15 is 0 Å². The number of Topliss-reactive ketones (excluding diaryl/α,β-unsaturated/α-hetero) is 1. The Kier molecular flexibility index (Phi) is 10.5. The second-order valence-electron chi connectivity index (χ2n) is 14.8. The van der Waals surface area contributed by atoms with E-state index in [1.165, 1.54) is 0 Å². The van der Waals surface area contributed by atoms with E-state index in [-0.39, 0.29) is 74.7 Å². The average molecular weight is 768 g/mol. The summed E-state index contributed by atoms with van der Waals surface area (Å²) in [4.78, 5) is 60.2. The Morgan fingerprint density at radius 2 is 1.65 bits per heavy atom.